The second-order valence-corrected chi connectivity index (χ2v) is 4.37. The minimum absolute atomic E-state index is 0.233. The molecule has 2 rings (SSSR count). The van der Waals surface area contributed by atoms with Gasteiger partial charge in [0.15, 0.2) is 0 Å². The molecule has 1 saturated carbocycles. The third-order valence-corrected chi connectivity index (χ3v) is 3.21. The van der Waals surface area contributed by atoms with Crippen molar-refractivity contribution in [3.63, 3.8) is 0 Å². The number of β-amino-alcohol motifs (C(OH)–C–C–N with tert-alkyl or cyclic N) is 1. The summed E-state index contributed by atoms with van der Waals surface area (Å²) in [6.45, 7) is 3.03. The van der Waals surface area contributed by atoms with E-state index in [0.29, 0.717) is 6.04 Å². The van der Waals surface area contributed by atoms with Crippen LogP contribution in [0.1, 0.15) is 26.2 Å². The summed E-state index contributed by atoms with van der Waals surface area (Å²) in [5.41, 5.74) is 1.50. The molecular weight excluding hydrogens is 162 g/mol. The van der Waals surface area contributed by atoms with Crippen LogP contribution in [0.5, 0.6) is 0 Å². The second kappa shape index (κ2) is 3.43. The van der Waals surface area contributed by atoms with E-state index in [1.807, 2.05) is 0 Å². The highest BCUT2D eigenvalue weighted by Crippen LogP contribution is 2.41. The molecule has 0 aromatic carbocycles. The molecule has 2 atom stereocenters. The Hall–Kier alpha value is -0.340. The van der Waals surface area contributed by atoms with Crippen LogP contribution in [0.2, 0.25) is 0 Å². The molecule has 1 aliphatic heterocycles. The summed E-state index contributed by atoms with van der Waals surface area (Å²) in [4.78, 5) is 2.29. The van der Waals surface area contributed by atoms with Crippen LogP contribution < -0.4 is 0 Å². The van der Waals surface area contributed by atoms with Gasteiger partial charge in [-0.15, -0.1) is 0 Å². The molecule has 0 aromatic heterocycles. The first-order valence-electron chi connectivity index (χ1n) is 5.32. The minimum Gasteiger partial charge on any atom is -0.388 e. The van der Waals surface area contributed by atoms with Crippen molar-refractivity contribution in [3.05, 3.63) is 11.6 Å². The number of nitrogens with zero attached hydrogens (tertiary/aromatic N) is 1. The van der Waals surface area contributed by atoms with Crippen molar-refractivity contribution < 1.29 is 5.11 Å². The van der Waals surface area contributed by atoms with Gasteiger partial charge in [0.05, 0.1) is 6.10 Å². The molecule has 0 saturated heterocycles. The van der Waals surface area contributed by atoms with Crippen LogP contribution in [0.15, 0.2) is 11.6 Å². The Kier molecular flexibility index (Phi) is 2.43. The molecule has 0 bridgehead atoms. The normalized spacial score (nSPS) is 36.1. The van der Waals surface area contributed by atoms with Crippen LogP contribution in [0.25, 0.3) is 0 Å². The Labute approximate surface area is 80.2 Å². The number of aliphatic hydroxyl groups is 1. The fourth-order valence-electron chi connectivity index (χ4n) is 2.43. The molecule has 1 N–H and O–H groups in total. The molecule has 13 heavy (non-hydrogen) atoms. The van der Waals surface area contributed by atoms with Gasteiger partial charge in [0.2, 0.25) is 0 Å². The van der Waals surface area contributed by atoms with Crippen LogP contribution in [-0.4, -0.2) is 35.7 Å². The lowest BCUT2D eigenvalue weighted by Crippen LogP contribution is -2.42. The first-order valence-corrected chi connectivity index (χ1v) is 5.32. The van der Waals surface area contributed by atoms with Crippen molar-refractivity contribution in [1.82, 2.24) is 4.90 Å². The summed E-state index contributed by atoms with van der Waals surface area (Å²) in [5, 5.41) is 9.62. The van der Waals surface area contributed by atoms with Gasteiger partial charge in [-0.3, -0.25) is 4.90 Å². The third kappa shape index (κ3) is 1.79. The largest absolute Gasteiger partial charge is 0.388 e. The fourth-order valence-corrected chi connectivity index (χ4v) is 2.43. The Morgan fingerprint density at radius 3 is 2.77 bits per heavy atom. The lowest BCUT2D eigenvalue weighted by Gasteiger charge is -2.35. The molecule has 0 aromatic rings. The van der Waals surface area contributed by atoms with Crippen LogP contribution in [0, 0.1) is 5.92 Å². The smallest absolute Gasteiger partial charge is 0.0851 e. The van der Waals surface area contributed by atoms with Gasteiger partial charge in [0.25, 0.3) is 0 Å². The molecular formula is C11H19NO. The van der Waals surface area contributed by atoms with Crippen molar-refractivity contribution in [3.8, 4) is 0 Å². The van der Waals surface area contributed by atoms with Gasteiger partial charge in [0, 0.05) is 12.6 Å². The van der Waals surface area contributed by atoms with Gasteiger partial charge in [-0.1, -0.05) is 18.6 Å². The van der Waals surface area contributed by atoms with Crippen LogP contribution in [-0.2, 0) is 0 Å². The van der Waals surface area contributed by atoms with Crippen LogP contribution in [0.3, 0.4) is 0 Å². The molecule has 74 valence electrons. The highest BCUT2D eigenvalue weighted by atomic mass is 16.3. The zero-order chi connectivity index (χ0) is 9.42. The first-order chi connectivity index (χ1) is 6.22. The Morgan fingerprint density at radius 2 is 2.23 bits per heavy atom. The van der Waals surface area contributed by atoms with E-state index in [9.17, 15) is 5.11 Å². The zero-order valence-electron chi connectivity index (χ0n) is 8.53. The van der Waals surface area contributed by atoms with Gasteiger partial charge in [-0.25, -0.2) is 0 Å². The number of aliphatic hydroxyl groups excluding tert-OH is 1. The van der Waals surface area contributed by atoms with Gasteiger partial charge in [-0.05, 0) is 32.2 Å². The number of rotatable bonds is 2. The zero-order valence-corrected chi connectivity index (χ0v) is 8.53. The monoisotopic (exact) mass is 181 g/mol. The van der Waals surface area contributed by atoms with E-state index in [2.05, 4.69) is 24.9 Å². The Bertz CT molecular complexity index is 220. The van der Waals surface area contributed by atoms with E-state index < -0.39 is 0 Å². The fraction of sp³-hybridized carbons (Fsp3) is 0.818. The van der Waals surface area contributed by atoms with E-state index >= 15 is 0 Å². The summed E-state index contributed by atoms with van der Waals surface area (Å²) in [5.74, 6) is 0.794. The Morgan fingerprint density at radius 1 is 1.54 bits per heavy atom. The maximum atomic E-state index is 9.62. The summed E-state index contributed by atoms with van der Waals surface area (Å²) >= 11 is 0. The van der Waals surface area contributed by atoms with Crippen molar-refractivity contribution in [1.29, 1.82) is 0 Å². The molecule has 1 fully saturated rings. The SMILES string of the molecule is CC[C@@H]1C(C2CC2)=C[C@H](O)CN1C. The predicted molar refractivity (Wildman–Crippen MR) is 53.5 cm³/mol. The van der Waals surface area contributed by atoms with E-state index in [1.165, 1.54) is 24.8 Å². The number of hydrogen-bond acceptors (Lipinski definition) is 2. The van der Waals surface area contributed by atoms with Gasteiger partial charge in [0.1, 0.15) is 0 Å². The lowest BCUT2D eigenvalue weighted by atomic mass is 9.93. The molecule has 0 unspecified atom stereocenters. The molecule has 0 spiro atoms. The summed E-state index contributed by atoms with van der Waals surface area (Å²) in [6, 6.07) is 0.593. The second-order valence-electron chi connectivity index (χ2n) is 4.37. The molecule has 0 radical (unpaired) electrons. The summed E-state index contributed by atoms with van der Waals surface area (Å²) in [7, 11) is 2.12. The van der Waals surface area contributed by atoms with E-state index in [1.54, 1.807) is 0 Å². The lowest BCUT2D eigenvalue weighted by molar-refractivity contribution is 0.124. The molecule has 0 amide bonds. The van der Waals surface area contributed by atoms with Crippen LogP contribution >= 0.6 is 0 Å². The van der Waals surface area contributed by atoms with E-state index in [4.69, 9.17) is 0 Å². The third-order valence-electron chi connectivity index (χ3n) is 3.21. The molecule has 2 aliphatic rings. The van der Waals surface area contributed by atoms with Crippen LogP contribution in [0.4, 0.5) is 0 Å². The van der Waals surface area contributed by atoms with Crippen molar-refractivity contribution >= 4 is 0 Å². The molecule has 2 nitrogen and oxygen atoms in total. The Balaban J connectivity index is 2.16. The van der Waals surface area contributed by atoms with Gasteiger partial charge < -0.3 is 5.11 Å². The highest BCUT2D eigenvalue weighted by Gasteiger charge is 2.35. The highest BCUT2D eigenvalue weighted by molar-refractivity contribution is 5.23. The summed E-state index contributed by atoms with van der Waals surface area (Å²) in [6.07, 6.45) is 5.71. The predicted octanol–water partition coefficient (Wildman–Crippen LogP) is 1.41. The van der Waals surface area contributed by atoms with E-state index in [0.717, 1.165) is 12.5 Å². The minimum atomic E-state index is -0.233. The van der Waals surface area contributed by atoms with E-state index in [-0.39, 0.29) is 6.10 Å². The van der Waals surface area contributed by atoms with Crippen molar-refractivity contribution in [2.45, 2.75) is 38.3 Å². The van der Waals surface area contributed by atoms with Gasteiger partial charge >= 0.3 is 0 Å². The quantitative estimate of drug-likeness (QED) is 0.651. The van der Waals surface area contributed by atoms with Crippen molar-refractivity contribution in [2.75, 3.05) is 13.6 Å². The topological polar surface area (TPSA) is 23.5 Å². The van der Waals surface area contributed by atoms with Gasteiger partial charge in [-0.2, -0.15) is 0 Å². The number of hydrogen-bond donors (Lipinski definition) is 1. The maximum absolute atomic E-state index is 9.62. The summed E-state index contributed by atoms with van der Waals surface area (Å²) < 4.78 is 0. The first kappa shape index (κ1) is 9.22. The van der Waals surface area contributed by atoms with Crippen molar-refractivity contribution in [2.24, 2.45) is 5.92 Å². The maximum Gasteiger partial charge on any atom is 0.0851 e. The molecule has 2 heteroatoms. The average molecular weight is 181 g/mol. The standard InChI is InChI=1S/C11H19NO/c1-3-11-10(8-4-5-8)6-9(13)7-12(11)2/h6,8-9,11,13H,3-5,7H2,1-2H3/t9-,11+/m0/s1. The average Bonchev–Trinajstić information content (AvgIpc) is 2.85. The number of likely N-dealkylation sites (N-methyl/N-ethyl adjacent to an activating group) is 1. The molecule has 1 heterocycles. The molecule has 1 aliphatic carbocycles.